The smallest absolute Gasteiger partial charge is 0.305 e. The van der Waals surface area contributed by atoms with Crippen LogP contribution in [0.3, 0.4) is 0 Å². The van der Waals surface area contributed by atoms with Gasteiger partial charge in [0, 0.05) is 19.5 Å². The lowest BCUT2D eigenvalue weighted by atomic mass is 10.2. The van der Waals surface area contributed by atoms with E-state index in [-0.39, 0.29) is 43.5 Å². The van der Waals surface area contributed by atoms with Crippen LogP contribution in [0.15, 0.2) is 41.9 Å². The maximum absolute atomic E-state index is 12.5. The van der Waals surface area contributed by atoms with Gasteiger partial charge in [0.25, 0.3) is 0 Å². The van der Waals surface area contributed by atoms with Gasteiger partial charge in [0.1, 0.15) is 11.0 Å². The average Bonchev–Trinajstić information content (AvgIpc) is 2.86. The molecule has 0 aromatic heterocycles. The topological polar surface area (TPSA) is 119 Å². The average molecular weight is 377 g/mol. The lowest BCUT2D eigenvalue weighted by Gasteiger charge is -2.13. The zero-order valence-electron chi connectivity index (χ0n) is 13.9. The quantitative estimate of drug-likeness (QED) is 0.591. The molecule has 0 aliphatic carbocycles. The van der Waals surface area contributed by atoms with Crippen molar-refractivity contribution in [2.75, 3.05) is 13.1 Å². The Morgan fingerprint density at radius 2 is 2.04 bits per heavy atom. The van der Waals surface area contributed by atoms with E-state index in [2.05, 4.69) is 16.9 Å². The van der Waals surface area contributed by atoms with Crippen LogP contribution in [0.5, 0.6) is 5.75 Å². The van der Waals surface area contributed by atoms with Gasteiger partial charge in [-0.05, 0) is 24.3 Å². The van der Waals surface area contributed by atoms with E-state index in [9.17, 15) is 19.5 Å². The van der Waals surface area contributed by atoms with Crippen LogP contribution in [0.2, 0.25) is 0 Å². The van der Waals surface area contributed by atoms with Gasteiger partial charge in [-0.1, -0.05) is 17.8 Å². The van der Waals surface area contributed by atoms with E-state index in [0.29, 0.717) is 10.9 Å². The Morgan fingerprint density at radius 1 is 1.35 bits per heavy atom. The molecule has 0 radical (unpaired) electrons. The first-order valence-corrected chi connectivity index (χ1v) is 8.74. The molecule has 1 aromatic rings. The summed E-state index contributed by atoms with van der Waals surface area (Å²) in [5.74, 6) is -1.53. The van der Waals surface area contributed by atoms with Gasteiger partial charge < -0.3 is 15.5 Å². The highest BCUT2D eigenvalue weighted by Crippen LogP contribution is 2.31. The van der Waals surface area contributed by atoms with E-state index in [4.69, 9.17) is 5.11 Å². The number of nitrogens with zero attached hydrogens (tertiary/aromatic N) is 2. The number of aliphatic imine (C=N–C) groups is 1. The van der Waals surface area contributed by atoms with E-state index in [0.717, 1.165) is 0 Å². The Kier molecular flexibility index (Phi) is 6.79. The molecule has 9 heteroatoms. The summed E-state index contributed by atoms with van der Waals surface area (Å²) in [4.78, 5) is 40.8. The second-order valence-corrected chi connectivity index (χ2v) is 6.62. The molecular formula is C17H19N3O5S. The van der Waals surface area contributed by atoms with Gasteiger partial charge in [0.15, 0.2) is 5.17 Å². The van der Waals surface area contributed by atoms with Crippen molar-refractivity contribution in [3.63, 3.8) is 0 Å². The van der Waals surface area contributed by atoms with Crippen molar-refractivity contribution >= 4 is 40.4 Å². The molecule has 0 spiro atoms. The Balaban J connectivity index is 2.07. The molecule has 1 aromatic carbocycles. The largest absolute Gasteiger partial charge is 0.508 e. The zero-order chi connectivity index (χ0) is 19.1. The van der Waals surface area contributed by atoms with Gasteiger partial charge in [-0.3, -0.25) is 19.3 Å². The number of carbonyl (C=O) groups is 3. The minimum Gasteiger partial charge on any atom is -0.508 e. The lowest BCUT2D eigenvalue weighted by molar-refractivity contribution is -0.137. The monoisotopic (exact) mass is 377 g/mol. The highest BCUT2D eigenvalue weighted by atomic mass is 32.2. The fraction of sp³-hybridized carbons (Fsp3) is 0.294. The third-order valence-electron chi connectivity index (χ3n) is 3.44. The number of aromatic hydroxyl groups is 1. The third-order valence-corrected chi connectivity index (χ3v) is 4.61. The SMILES string of the molecule is C=CCN1C(=O)C(CC(=O)NCCC(=O)O)SC1=Nc1ccc(O)cc1. The summed E-state index contributed by atoms with van der Waals surface area (Å²) >= 11 is 1.17. The molecule has 1 unspecified atom stereocenters. The zero-order valence-corrected chi connectivity index (χ0v) is 14.7. The summed E-state index contributed by atoms with van der Waals surface area (Å²) in [5.41, 5.74) is 0.568. The molecule has 26 heavy (non-hydrogen) atoms. The van der Waals surface area contributed by atoms with Crippen LogP contribution in [-0.4, -0.2) is 56.4 Å². The molecule has 2 amide bonds. The molecule has 0 bridgehead atoms. The summed E-state index contributed by atoms with van der Waals surface area (Å²) in [5, 5.41) is 20.2. The number of carbonyl (C=O) groups excluding carboxylic acids is 2. The number of amidine groups is 1. The van der Waals surface area contributed by atoms with E-state index in [1.165, 1.54) is 28.8 Å². The number of carboxylic acid groups (broad SMARTS) is 1. The molecule has 1 atom stereocenters. The third kappa shape index (κ3) is 5.35. The van der Waals surface area contributed by atoms with Crippen molar-refractivity contribution in [3.05, 3.63) is 36.9 Å². The number of rotatable bonds is 8. The van der Waals surface area contributed by atoms with E-state index in [1.54, 1.807) is 18.2 Å². The minimum absolute atomic E-state index is 0.0184. The van der Waals surface area contributed by atoms with Crippen LogP contribution in [0, 0.1) is 0 Å². The van der Waals surface area contributed by atoms with Crippen LogP contribution in [-0.2, 0) is 14.4 Å². The molecule has 2 rings (SSSR count). The van der Waals surface area contributed by atoms with Gasteiger partial charge in [-0.25, -0.2) is 4.99 Å². The number of amides is 2. The molecule has 1 fully saturated rings. The second-order valence-electron chi connectivity index (χ2n) is 5.45. The number of hydrogen-bond acceptors (Lipinski definition) is 6. The second kappa shape index (κ2) is 9.04. The van der Waals surface area contributed by atoms with Crippen molar-refractivity contribution < 1.29 is 24.6 Å². The molecule has 1 aliphatic heterocycles. The Hall–Kier alpha value is -2.81. The molecule has 0 saturated carbocycles. The summed E-state index contributed by atoms with van der Waals surface area (Å²) in [7, 11) is 0. The van der Waals surface area contributed by atoms with Crippen molar-refractivity contribution in [3.8, 4) is 5.75 Å². The molecular weight excluding hydrogens is 358 g/mol. The standard InChI is InChI=1S/C17H19N3O5S/c1-2-9-20-16(25)13(10-14(22)18-8-7-15(23)24)26-17(20)19-11-3-5-12(21)6-4-11/h2-6,13,21H,1,7-10H2,(H,18,22)(H,23,24). The first-order chi connectivity index (χ1) is 12.4. The fourth-order valence-corrected chi connectivity index (χ4v) is 3.38. The van der Waals surface area contributed by atoms with Crippen molar-refractivity contribution in [1.82, 2.24) is 10.2 Å². The summed E-state index contributed by atoms with van der Waals surface area (Å²) in [6.45, 7) is 3.91. The number of hydrogen-bond donors (Lipinski definition) is 3. The summed E-state index contributed by atoms with van der Waals surface area (Å²) < 4.78 is 0. The van der Waals surface area contributed by atoms with Crippen molar-refractivity contribution in [1.29, 1.82) is 0 Å². The van der Waals surface area contributed by atoms with Gasteiger partial charge in [-0.15, -0.1) is 6.58 Å². The normalized spacial score (nSPS) is 18.2. The number of phenols is 1. The highest BCUT2D eigenvalue weighted by Gasteiger charge is 2.38. The van der Waals surface area contributed by atoms with Crippen molar-refractivity contribution in [2.45, 2.75) is 18.1 Å². The molecule has 3 N–H and O–H groups in total. The number of phenolic OH excluding ortho intramolecular Hbond substituents is 1. The Bertz CT molecular complexity index is 732. The molecule has 1 aliphatic rings. The minimum atomic E-state index is -1.00. The van der Waals surface area contributed by atoms with Gasteiger partial charge in [0.2, 0.25) is 11.8 Å². The molecule has 1 saturated heterocycles. The van der Waals surface area contributed by atoms with E-state index in [1.807, 2.05) is 0 Å². The lowest BCUT2D eigenvalue weighted by Crippen LogP contribution is -2.35. The first kappa shape index (κ1) is 19.5. The van der Waals surface area contributed by atoms with Crippen LogP contribution < -0.4 is 5.32 Å². The first-order valence-electron chi connectivity index (χ1n) is 7.86. The van der Waals surface area contributed by atoms with Gasteiger partial charge >= 0.3 is 5.97 Å². The number of thioether (sulfide) groups is 1. The van der Waals surface area contributed by atoms with Crippen molar-refractivity contribution in [2.24, 2.45) is 4.99 Å². The van der Waals surface area contributed by atoms with Gasteiger partial charge in [0.05, 0.1) is 12.1 Å². The van der Waals surface area contributed by atoms with Crippen LogP contribution in [0.25, 0.3) is 0 Å². The van der Waals surface area contributed by atoms with Crippen LogP contribution >= 0.6 is 11.8 Å². The molecule has 138 valence electrons. The van der Waals surface area contributed by atoms with E-state index >= 15 is 0 Å². The number of aliphatic carboxylic acids is 1. The summed E-state index contributed by atoms with van der Waals surface area (Å²) in [6.07, 6.45) is 1.33. The maximum atomic E-state index is 12.5. The predicted octanol–water partition coefficient (Wildman–Crippen LogP) is 1.49. The Morgan fingerprint density at radius 3 is 2.65 bits per heavy atom. The fourth-order valence-electron chi connectivity index (χ4n) is 2.21. The van der Waals surface area contributed by atoms with Crippen LogP contribution in [0.1, 0.15) is 12.8 Å². The van der Waals surface area contributed by atoms with Crippen LogP contribution in [0.4, 0.5) is 5.69 Å². The predicted molar refractivity (Wildman–Crippen MR) is 98.4 cm³/mol. The van der Waals surface area contributed by atoms with Gasteiger partial charge in [-0.2, -0.15) is 0 Å². The number of nitrogens with one attached hydrogen (secondary N) is 1. The number of benzene rings is 1. The van der Waals surface area contributed by atoms with E-state index < -0.39 is 11.2 Å². The highest BCUT2D eigenvalue weighted by molar-refractivity contribution is 8.15. The maximum Gasteiger partial charge on any atom is 0.305 e. The summed E-state index contributed by atoms with van der Waals surface area (Å²) in [6, 6.07) is 6.22. The number of carboxylic acids is 1. The molecule has 8 nitrogen and oxygen atoms in total. The Labute approximate surface area is 154 Å². The molecule has 1 heterocycles.